The third-order valence-electron chi connectivity index (χ3n) is 2.67. The molecular weight excluding hydrogens is 276 g/mol. The van der Waals surface area contributed by atoms with Crippen molar-refractivity contribution in [3.8, 4) is 10.6 Å². The van der Waals surface area contributed by atoms with Crippen molar-refractivity contribution >= 4 is 17.4 Å². The van der Waals surface area contributed by atoms with E-state index in [1.807, 2.05) is 18.2 Å². The minimum atomic E-state index is -0.162. The number of ether oxygens (including phenoxy) is 1. The molecule has 0 aliphatic carbocycles. The van der Waals surface area contributed by atoms with Gasteiger partial charge in [-0.15, -0.1) is 11.3 Å². The van der Waals surface area contributed by atoms with Gasteiger partial charge in [0.15, 0.2) is 0 Å². The van der Waals surface area contributed by atoms with Crippen molar-refractivity contribution in [1.82, 2.24) is 10.6 Å². The highest BCUT2D eigenvalue weighted by molar-refractivity contribution is 7.15. The fourth-order valence-corrected chi connectivity index (χ4v) is 2.67. The number of thiophene rings is 1. The summed E-state index contributed by atoms with van der Waals surface area (Å²) in [4.78, 5) is 13.7. The van der Waals surface area contributed by atoms with Crippen LogP contribution in [0.3, 0.4) is 0 Å². The minimum absolute atomic E-state index is 0.162. The Morgan fingerprint density at radius 3 is 2.90 bits per heavy atom. The number of methoxy groups -OCH3 is 1. The van der Waals surface area contributed by atoms with Crippen molar-refractivity contribution < 1.29 is 13.9 Å². The minimum Gasteiger partial charge on any atom is -0.464 e. The molecule has 2 heterocycles. The number of carbonyl (C=O) groups is 1. The van der Waals surface area contributed by atoms with E-state index in [1.54, 1.807) is 24.7 Å². The summed E-state index contributed by atoms with van der Waals surface area (Å²) in [6, 6.07) is 7.76. The molecule has 2 rings (SSSR count). The Morgan fingerprint density at radius 2 is 2.15 bits per heavy atom. The first-order valence-electron chi connectivity index (χ1n) is 6.43. The van der Waals surface area contributed by atoms with E-state index in [1.165, 1.54) is 4.88 Å². The van der Waals surface area contributed by atoms with Crippen molar-refractivity contribution in [3.63, 3.8) is 0 Å². The number of hydrogen-bond acceptors (Lipinski definition) is 4. The van der Waals surface area contributed by atoms with E-state index < -0.39 is 0 Å². The Labute approximate surface area is 121 Å². The smallest absolute Gasteiger partial charge is 0.314 e. The van der Waals surface area contributed by atoms with Gasteiger partial charge in [0.1, 0.15) is 5.76 Å². The molecule has 2 aromatic heterocycles. The number of amides is 2. The van der Waals surface area contributed by atoms with Crippen LogP contribution in [0.5, 0.6) is 0 Å². The summed E-state index contributed by atoms with van der Waals surface area (Å²) < 4.78 is 10.2. The van der Waals surface area contributed by atoms with Crippen molar-refractivity contribution in [3.05, 3.63) is 35.4 Å². The molecule has 2 amide bonds. The summed E-state index contributed by atoms with van der Waals surface area (Å²) in [5.74, 6) is 0.881. The van der Waals surface area contributed by atoms with Gasteiger partial charge < -0.3 is 19.8 Å². The van der Waals surface area contributed by atoms with Gasteiger partial charge in [-0.3, -0.25) is 0 Å². The Kier molecular flexibility index (Phi) is 5.64. The van der Waals surface area contributed by atoms with Crippen LogP contribution in [-0.4, -0.2) is 32.8 Å². The summed E-state index contributed by atoms with van der Waals surface area (Å²) in [6.07, 6.45) is 2.48. The number of furan rings is 1. The Bertz CT molecular complexity index is 522. The summed E-state index contributed by atoms with van der Waals surface area (Å²) in [5, 5.41) is 5.52. The fraction of sp³-hybridized carbons (Fsp3) is 0.357. The third kappa shape index (κ3) is 4.40. The topological polar surface area (TPSA) is 63.5 Å². The van der Waals surface area contributed by atoms with Crippen LogP contribution in [-0.2, 0) is 11.2 Å². The van der Waals surface area contributed by atoms with Crippen molar-refractivity contribution in [2.75, 3.05) is 26.8 Å². The van der Waals surface area contributed by atoms with E-state index in [9.17, 15) is 4.79 Å². The van der Waals surface area contributed by atoms with Crippen molar-refractivity contribution in [2.45, 2.75) is 6.42 Å². The summed E-state index contributed by atoms with van der Waals surface area (Å²) in [6.45, 7) is 1.64. The monoisotopic (exact) mass is 294 g/mol. The second-order valence-corrected chi connectivity index (χ2v) is 5.34. The lowest BCUT2D eigenvalue weighted by atomic mass is 10.3. The van der Waals surface area contributed by atoms with Gasteiger partial charge in [0.2, 0.25) is 0 Å². The molecule has 5 nitrogen and oxygen atoms in total. The lowest BCUT2D eigenvalue weighted by molar-refractivity contribution is 0.196. The Morgan fingerprint density at radius 1 is 1.30 bits per heavy atom. The number of nitrogens with one attached hydrogen (secondary N) is 2. The predicted molar refractivity (Wildman–Crippen MR) is 79.0 cm³/mol. The molecule has 0 aliphatic rings. The molecular formula is C14H18N2O3S. The highest BCUT2D eigenvalue weighted by Crippen LogP contribution is 2.28. The van der Waals surface area contributed by atoms with Gasteiger partial charge in [-0.1, -0.05) is 0 Å². The van der Waals surface area contributed by atoms with Crippen LogP contribution >= 0.6 is 11.3 Å². The molecule has 0 atom stereocenters. The summed E-state index contributed by atoms with van der Waals surface area (Å²) in [7, 11) is 1.60. The molecule has 0 saturated carbocycles. The molecule has 0 fully saturated rings. The maximum atomic E-state index is 11.4. The zero-order valence-electron chi connectivity index (χ0n) is 11.3. The average Bonchev–Trinajstić information content (AvgIpc) is 3.09. The van der Waals surface area contributed by atoms with Crippen LogP contribution in [0.1, 0.15) is 4.88 Å². The number of hydrogen-bond donors (Lipinski definition) is 2. The molecule has 2 aromatic rings. The van der Waals surface area contributed by atoms with E-state index in [2.05, 4.69) is 16.7 Å². The second kappa shape index (κ2) is 7.72. The van der Waals surface area contributed by atoms with E-state index in [4.69, 9.17) is 9.15 Å². The largest absolute Gasteiger partial charge is 0.464 e. The first kappa shape index (κ1) is 14.6. The van der Waals surface area contributed by atoms with Crippen molar-refractivity contribution in [2.24, 2.45) is 0 Å². The van der Waals surface area contributed by atoms with Crippen LogP contribution in [0.4, 0.5) is 4.79 Å². The fourth-order valence-electron chi connectivity index (χ4n) is 1.69. The normalized spacial score (nSPS) is 10.4. The summed E-state index contributed by atoms with van der Waals surface area (Å²) >= 11 is 1.68. The van der Waals surface area contributed by atoms with E-state index >= 15 is 0 Å². The van der Waals surface area contributed by atoms with Gasteiger partial charge in [0, 0.05) is 25.1 Å². The number of rotatable bonds is 7. The highest BCUT2D eigenvalue weighted by atomic mass is 32.1. The maximum absolute atomic E-state index is 11.4. The quantitative estimate of drug-likeness (QED) is 0.771. The highest BCUT2D eigenvalue weighted by Gasteiger charge is 2.05. The number of urea groups is 1. The van der Waals surface area contributed by atoms with Crippen LogP contribution in [0.15, 0.2) is 34.9 Å². The van der Waals surface area contributed by atoms with E-state index in [0.29, 0.717) is 19.7 Å². The standard InChI is InChI=1S/C14H18N2O3S/c1-18-10-8-16-14(17)15-7-6-11-4-5-13(20-11)12-3-2-9-19-12/h2-5,9H,6-8,10H2,1H3,(H2,15,16,17). The number of carbonyl (C=O) groups excluding carboxylic acids is 1. The SMILES string of the molecule is COCCNC(=O)NCCc1ccc(-c2ccco2)s1. The van der Waals surface area contributed by atoms with Gasteiger partial charge in [0.05, 0.1) is 17.7 Å². The molecule has 6 heteroatoms. The molecule has 2 N–H and O–H groups in total. The maximum Gasteiger partial charge on any atom is 0.314 e. The molecule has 0 aliphatic heterocycles. The molecule has 0 saturated heterocycles. The van der Waals surface area contributed by atoms with Crippen molar-refractivity contribution in [1.29, 1.82) is 0 Å². The van der Waals surface area contributed by atoms with Crippen LogP contribution < -0.4 is 10.6 Å². The van der Waals surface area contributed by atoms with Crippen LogP contribution in [0.25, 0.3) is 10.6 Å². The van der Waals surface area contributed by atoms with Gasteiger partial charge >= 0.3 is 6.03 Å². The third-order valence-corrected chi connectivity index (χ3v) is 3.83. The zero-order valence-corrected chi connectivity index (χ0v) is 12.2. The summed E-state index contributed by atoms with van der Waals surface area (Å²) in [5.41, 5.74) is 0. The molecule has 0 bridgehead atoms. The molecule has 0 spiro atoms. The lowest BCUT2D eigenvalue weighted by Crippen LogP contribution is -2.38. The van der Waals surface area contributed by atoms with Gasteiger partial charge in [-0.05, 0) is 30.7 Å². The second-order valence-electron chi connectivity index (χ2n) is 4.17. The zero-order chi connectivity index (χ0) is 14.2. The predicted octanol–water partition coefficient (Wildman–Crippen LogP) is 2.50. The van der Waals surface area contributed by atoms with Gasteiger partial charge in [0.25, 0.3) is 0 Å². The molecule has 20 heavy (non-hydrogen) atoms. The van der Waals surface area contributed by atoms with Gasteiger partial charge in [-0.25, -0.2) is 4.79 Å². The molecule has 0 radical (unpaired) electrons. The molecule has 0 aromatic carbocycles. The van der Waals surface area contributed by atoms with Gasteiger partial charge in [-0.2, -0.15) is 0 Å². The Hall–Kier alpha value is -1.79. The Balaban J connectivity index is 1.71. The molecule has 108 valence electrons. The first-order valence-corrected chi connectivity index (χ1v) is 7.24. The first-order chi connectivity index (χ1) is 9.79. The van der Waals surface area contributed by atoms with E-state index in [0.717, 1.165) is 17.1 Å². The lowest BCUT2D eigenvalue weighted by Gasteiger charge is -2.06. The van der Waals surface area contributed by atoms with Crippen LogP contribution in [0.2, 0.25) is 0 Å². The molecule has 0 unspecified atom stereocenters. The van der Waals surface area contributed by atoms with Crippen LogP contribution in [0, 0.1) is 0 Å². The van der Waals surface area contributed by atoms with E-state index in [-0.39, 0.29) is 6.03 Å². The average molecular weight is 294 g/mol.